The number of hydrogen-bond donors (Lipinski definition) is 0. The van der Waals surface area contributed by atoms with Gasteiger partial charge < -0.3 is 0 Å². The fourth-order valence-corrected chi connectivity index (χ4v) is 4.39. The molecule has 2 atom stereocenters. The Morgan fingerprint density at radius 1 is 0.778 bits per heavy atom. The Morgan fingerprint density at radius 3 is 2.15 bits per heavy atom. The first-order chi connectivity index (χ1) is 13.3. The van der Waals surface area contributed by atoms with Crippen LogP contribution >= 0.6 is 0 Å². The molecule has 2 heterocycles. The van der Waals surface area contributed by atoms with Crippen molar-refractivity contribution in [3.05, 3.63) is 125 Å². The van der Waals surface area contributed by atoms with Crippen molar-refractivity contribution in [3.63, 3.8) is 0 Å². The number of benzene rings is 3. The normalized spacial score (nSPS) is 18.0. The maximum absolute atomic E-state index is 4.92. The van der Waals surface area contributed by atoms with E-state index in [0.717, 1.165) is 12.1 Å². The third-order valence-corrected chi connectivity index (χ3v) is 5.55. The summed E-state index contributed by atoms with van der Waals surface area (Å²) >= 11 is 0. The van der Waals surface area contributed by atoms with Crippen LogP contribution in [0.3, 0.4) is 0 Å². The third-order valence-electron chi connectivity index (χ3n) is 5.55. The summed E-state index contributed by atoms with van der Waals surface area (Å²) in [5.41, 5.74) is 7.82. The molecule has 0 fully saturated rings. The minimum absolute atomic E-state index is 0.137. The van der Waals surface area contributed by atoms with Crippen LogP contribution in [0.1, 0.15) is 45.6 Å². The summed E-state index contributed by atoms with van der Waals surface area (Å²) < 4.78 is 2.25. The SMILES string of the molecule is Cc1cc2n(n1)C(c1ccccc1)c1ccccc1C2Cc1ccccc1. The maximum Gasteiger partial charge on any atom is 0.102 e. The first-order valence-electron chi connectivity index (χ1n) is 9.55. The average Bonchev–Trinajstić information content (AvgIpc) is 3.10. The Balaban J connectivity index is 1.70. The largest absolute Gasteiger partial charge is 0.257 e. The van der Waals surface area contributed by atoms with E-state index < -0.39 is 0 Å². The lowest BCUT2D eigenvalue weighted by Gasteiger charge is -2.33. The fraction of sp³-hybridized carbons (Fsp3) is 0.160. The number of nitrogens with zero attached hydrogens (tertiary/aromatic N) is 2. The molecule has 0 N–H and O–H groups in total. The maximum atomic E-state index is 4.92. The quantitative estimate of drug-likeness (QED) is 0.476. The molecule has 2 unspecified atom stereocenters. The fourth-order valence-electron chi connectivity index (χ4n) is 4.39. The first kappa shape index (κ1) is 16.1. The molecule has 0 spiro atoms. The van der Waals surface area contributed by atoms with Crippen molar-refractivity contribution in [2.24, 2.45) is 0 Å². The van der Waals surface area contributed by atoms with E-state index in [2.05, 4.69) is 103 Å². The molecule has 5 rings (SSSR count). The van der Waals surface area contributed by atoms with Crippen molar-refractivity contribution in [1.29, 1.82) is 0 Å². The van der Waals surface area contributed by atoms with Gasteiger partial charge in [-0.2, -0.15) is 5.10 Å². The first-order valence-corrected chi connectivity index (χ1v) is 9.55. The van der Waals surface area contributed by atoms with Gasteiger partial charge in [0.05, 0.1) is 5.69 Å². The summed E-state index contributed by atoms with van der Waals surface area (Å²) in [5.74, 6) is 0.324. The monoisotopic (exact) mass is 350 g/mol. The van der Waals surface area contributed by atoms with E-state index in [9.17, 15) is 0 Å². The Labute approximate surface area is 160 Å². The smallest absolute Gasteiger partial charge is 0.102 e. The van der Waals surface area contributed by atoms with Gasteiger partial charge >= 0.3 is 0 Å². The summed E-state index contributed by atoms with van der Waals surface area (Å²) in [6, 6.07) is 32.8. The second-order valence-electron chi connectivity index (χ2n) is 7.34. The Kier molecular flexibility index (Phi) is 3.90. The van der Waals surface area contributed by atoms with Gasteiger partial charge in [0.2, 0.25) is 0 Å². The molecule has 0 radical (unpaired) electrons. The van der Waals surface area contributed by atoms with Crippen LogP contribution in [0, 0.1) is 6.92 Å². The molecule has 0 aliphatic carbocycles. The molecule has 1 aliphatic rings. The van der Waals surface area contributed by atoms with E-state index in [4.69, 9.17) is 5.10 Å². The summed E-state index contributed by atoms with van der Waals surface area (Å²) in [7, 11) is 0. The molecular weight excluding hydrogens is 328 g/mol. The molecule has 1 aliphatic heterocycles. The van der Waals surface area contributed by atoms with E-state index in [0.29, 0.717) is 5.92 Å². The van der Waals surface area contributed by atoms with Gasteiger partial charge in [-0.1, -0.05) is 84.9 Å². The average molecular weight is 350 g/mol. The topological polar surface area (TPSA) is 17.8 Å². The zero-order valence-corrected chi connectivity index (χ0v) is 15.4. The van der Waals surface area contributed by atoms with Crippen LogP contribution in [0.5, 0.6) is 0 Å². The highest BCUT2D eigenvalue weighted by Gasteiger charge is 2.33. The Bertz CT molecular complexity index is 1060. The van der Waals surface area contributed by atoms with Gasteiger partial charge in [-0.3, -0.25) is 4.68 Å². The van der Waals surface area contributed by atoms with Crippen LogP contribution in [0.25, 0.3) is 0 Å². The molecule has 132 valence electrons. The lowest BCUT2D eigenvalue weighted by atomic mass is 9.80. The van der Waals surface area contributed by atoms with E-state index in [1.54, 1.807) is 0 Å². The van der Waals surface area contributed by atoms with Crippen LogP contribution in [0.15, 0.2) is 91.0 Å². The Morgan fingerprint density at radius 2 is 1.41 bits per heavy atom. The lowest BCUT2D eigenvalue weighted by molar-refractivity contribution is 0.510. The van der Waals surface area contributed by atoms with Crippen LogP contribution in [-0.4, -0.2) is 9.78 Å². The van der Waals surface area contributed by atoms with Crippen LogP contribution in [0.4, 0.5) is 0 Å². The molecule has 0 saturated carbocycles. The number of aromatic nitrogens is 2. The van der Waals surface area contributed by atoms with Crippen LogP contribution < -0.4 is 0 Å². The molecule has 1 aromatic heterocycles. The summed E-state index contributed by atoms with van der Waals surface area (Å²) in [6.07, 6.45) is 0.991. The second kappa shape index (κ2) is 6.55. The standard InChI is InChI=1S/C25H22N2/c1-18-16-24-23(17-19-10-4-2-5-11-19)21-14-8-9-15-22(21)25(27(24)26-18)20-12-6-3-7-13-20/h2-16,23,25H,17H2,1H3. The van der Waals surface area contributed by atoms with Gasteiger partial charge in [-0.05, 0) is 41.7 Å². The highest BCUT2D eigenvalue weighted by atomic mass is 15.3. The number of aryl methyl sites for hydroxylation is 1. The molecule has 2 nitrogen and oxygen atoms in total. The zero-order chi connectivity index (χ0) is 18.2. The molecular formula is C25H22N2. The van der Waals surface area contributed by atoms with Gasteiger partial charge in [0.25, 0.3) is 0 Å². The minimum atomic E-state index is 0.137. The summed E-state index contributed by atoms with van der Waals surface area (Å²) in [4.78, 5) is 0. The lowest BCUT2D eigenvalue weighted by Crippen LogP contribution is -2.26. The second-order valence-corrected chi connectivity index (χ2v) is 7.34. The van der Waals surface area contributed by atoms with Crippen molar-refractivity contribution in [2.45, 2.75) is 25.3 Å². The van der Waals surface area contributed by atoms with Gasteiger partial charge in [0.1, 0.15) is 6.04 Å². The van der Waals surface area contributed by atoms with Crippen molar-refractivity contribution < 1.29 is 0 Å². The number of rotatable bonds is 3. The highest BCUT2D eigenvalue weighted by Crippen LogP contribution is 2.43. The van der Waals surface area contributed by atoms with Gasteiger partial charge in [0, 0.05) is 11.6 Å². The third kappa shape index (κ3) is 2.78. The molecule has 0 bridgehead atoms. The van der Waals surface area contributed by atoms with Gasteiger partial charge in [-0.15, -0.1) is 0 Å². The summed E-state index contributed by atoms with van der Waals surface area (Å²) in [5, 5.41) is 4.92. The predicted molar refractivity (Wildman–Crippen MR) is 109 cm³/mol. The molecule has 4 aromatic rings. The van der Waals surface area contributed by atoms with Crippen LogP contribution in [-0.2, 0) is 6.42 Å². The van der Waals surface area contributed by atoms with E-state index >= 15 is 0 Å². The van der Waals surface area contributed by atoms with E-state index in [-0.39, 0.29) is 6.04 Å². The highest BCUT2D eigenvalue weighted by molar-refractivity contribution is 5.48. The number of hydrogen-bond acceptors (Lipinski definition) is 1. The molecule has 0 saturated heterocycles. The molecule has 27 heavy (non-hydrogen) atoms. The Hall–Kier alpha value is -3.13. The van der Waals surface area contributed by atoms with Crippen LogP contribution in [0.2, 0.25) is 0 Å². The van der Waals surface area contributed by atoms with Gasteiger partial charge in [-0.25, -0.2) is 0 Å². The summed E-state index contributed by atoms with van der Waals surface area (Å²) in [6.45, 7) is 2.09. The van der Waals surface area contributed by atoms with Gasteiger partial charge in [0.15, 0.2) is 0 Å². The number of fused-ring (bicyclic) bond motifs is 2. The van der Waals surface area contributed by atoms with Crippen molar-refractivity contribution in [3.8, 4) is 0 Å². The van der Waals surface area contributed by atoms with Crippen molar-refractivity contribution >= 4 is 0 Å². The van der Waals surface area contributed by atoms with E-state index in [1.165, 1.54) is 27.9 Å². The van der Waals surface area contributed by atoms with Crippen molar-refractivity contribution in [1.82, 2.24) is 9.78 Å². The molecule has 2 heteroatoms. The molecule has 3 aromatic carbocycles. The predicted octanol–water partition coefficient (Wildman–Crippen LogP) is 5.52. The minimum Gasteiger partial charge on any atom is -0.257 e. The van der Waals surface area contributed by atoms with E-state index in [1.807, 2.05) is 0 Å². The zero-order valence-electron chi connectivity index (χ0n) is 15.4. The van der Waals surface area contributed by atoms with Crippen molar-refractivity contribution in [2.75, 3.05) is 0 Å². The molecule has 0 amide bonds.